The van der Waals surface area contributed by atoms with E-state index in [-0.39, 0.29) is 5.69 Å². The minimum absolute atomic E-state index is 0.208. The second-order valence-corrected chi connectivity index (χ2v) is 7.36. The van der Waals surface area contributed by atoms with Gasteiger partial charge in [-0.2, -0.15) is 0 Å². The molecule has 0 heterocycles. The maximum absolute atomic E-state index is 13.1. The van der Waals surface area contributed by atoms with Crippen molar-refractivity contribution in [1.29, 1.82) is 0 Å². The van der Waals surface area contributed by atoms with E-state index in [0.29, 0.717) is 5.56 Å². The van der Waals surface area contributed by atoms with Crippen molar-refractivity contribution in [3.8, 4) is 0 Å². The van der Waals surface area contributed by atoms with Crippen LogP contribution in [0.5, 0.6) is 0 Å². The number of benzene rings is 2. The maximum atomic E-state index is 13.1. The standard InChI is InChI=1S/C19H19FN2O5S/c1-14(19(24)22-17-9-5-8-16(20)12-17)27-18(23)13-21-28(25,26)11-10-15-6-3-2-4-7-15/h2-12,14,21H,13H2,1H3,(H,22,24)/b11-10+/t14-/m0/s1. The molecule has 2 rings (SSSR count). The molecule has 1 atom stereocenters. The second kappa shape index (κ2) is 9.77. The van der Waals surface area contributed by atoms with Crippen molar-refractivity contribution in [1.82, 2.24) is 4.72 Å². The minimum Gasteiger partial charge on any atom is -0.452 e. The molecule has 28 heavy (non-hydrogen) atoms. The van der Waals surface area contributed by atoms with Crippen molar-refractivity contribution in [3.05, 3.63) is 71.4 Å². The first-order valence-electron chi connectivity index (χ1n) is 8.24. The van der Waals surface area contributed by atoms with Crippen LogP contribution in [0.1, 0.15) is 12.5 Å². The Hall–Kier alpha value is -3.04. The molecule has 2 aromatic carbocycles. The van der Waals surface area contributed by atoms with Gasteiger partial charge < -0.3 is 10.1 Å². The Labute approximate surface area is 162 Å². The zero-order valence-corrected chi connectivity index (χ0v) is 15.8. The zero-order valence-electron chi connectivity index (χ0n) is 15.0. The zero-order chi connectivity index (χ0) is 20.6. The predicted molar refractivity (Wildman–Crippen MR) is 103 cm³/mol. The Bertz CT molecular complexity index is 961. The number of carbonyl (C=O) groups excluding carboxylic acids is 2. The number of carbonyl (C=O) groups is 2. The molecular formula is C19H19FN2O5S. The molecule has 0 unspecified atom stereocenters. The van der Waals surface area contributed by atoms with E-state index in [0.717, 1.165) is 11.5 Å². The molecule has 0 aliphatic rings. The van der Waals surface area contributed by atoms with Gasteiger partial charge in [-0.05, 0) is 36.8 Å². The molecule has 0 bridgehead atoms. The first kappa shape index (κ1) is 21.3. The average Bonchev–Trinajstić information content (AvgIpc) is 2.66. The number of nitrogens with one attached hydrogen (secondary N) is 2. The third-order valence-corrected chi connectivity index (χ3v) is 4.47. The molecule has 0 saturated heterocycles. The molecule has 7 nitrogen and oxygen atoms in total. The smallest absolute Gasteiger partial charge is 0.321 e. The van der Waals surface area contributed by atoms with Gasteiger partial charge in [0.2, 0.25) is 10.0 Å². The Morgan fingerprint density at radius 2 is 1.86 bits per heavy atom. The molecule has 0 aliphatic carbocycles. The summed E-state index contributed by atoms with van der Waals surface area (Å²) in [6.07, 6.45) is 0.183. The molecule has 0 aromatic heterocycles. The molecule has 148 valence electrons. The van der Waals surface area contributed by atoms with Crippen molar-refractivity contribution in [2.45, 2.75) is 13.0 Å². The van der Waals surface area contributed by atoms with Crippen LogP contribution in [-0.2, 0) is 24.3 Å². The van der Waals surface area contributed by atoms with Gasteiger partial charge in [-0.25, -0.2) is 17.5 Å². The highest BCUT2D eigenvalue weighted by Gasteiger charge is 2.19. The quantitative estimate of drug-likeness (QED) is 0.655. The summed E-state index contributed by atoms with van der Waals surface area (Å²) >= 11 is 0. The number of sulfonamides is 1. The Morgan fingerprint density at radius 1 is 1.14 bits per heavy atom. The van der Waals surface area contributed by atoms with Gasteiger partial charge in [0.1, 0.15) is 12.4 Å². The van der Waals surface area contributed by atoms with E-state index in [1.165, 1.54) is 31.2 Å². The van der Waals surface area contributed by atoms with E-state index in [1.807, 2.05) is 0 Å². The number of halogens is 1. The summed E-state index contributed by atoms with van der Waals surface area (Å²) in [5.41, 5.74) is 0.887. The highest BCUT2D eigenvalue weighted by Crippen LogP contribution is 2.10. The van der Waals surface area contributed by atoms with Gasteiger partial charge in [-0.1, -0.05) is 36.4 Å². The Kier molecular flexibility index (Phi) is 7.42. The van der Waals surface area contributed by atoms with Crippen LogP contribution in [0, 0.1) is 5.82 Å². The maximum Gasteiger partial charge on any atom is 0.321 e. The Balaban J connectivity index is 1.82. The van der Waals surface area contributed by atoms with Crippen LogP contribution in [0.15, 0.2) is 60.0 Å². The van der Waals surface area contributed by atoms with Gasteiger partial charge >= 0.3 is 5.97 Å². The van der Waals surface area contributed by atoms with Gasteiger partial charge in [0.25, 0.3) is 5.91 Å². The lowest BCUT2D eigenvalue weighted by molar-refractivity contribution is -0.151. The number of amides is 1. The van der Waals surface area contributed by atoms with E-state index in [4.69, 9.17) is 4.74 Å². The van der Waals surface area contributed by atoms with Crippen molar-refractivity contribution in [3.63, 3.8) is 0 Å². The van der Waals surface area contributed by atoms with Gasteiger partial charge in [0.05, 0.1) is 0 Å². The molecule has 0 fully saturated rings. The highest BCUT2D eigenvalue weighted by atomic mass is 32.2. The number of hydrogen-bond donors (Lipinski definition) is 2. The Morgan fingerprint density at radius 3 is 2.54 bits per heavy atom. The SMILES string of the molecule is C[C@H](OC(=O)CNS(=O)(=O)/C=C/c1ccccc1)C(=O)Nc1cccc(F)c1. The van der Waals surface area contributed by atoms with E-state index < -0.39 is 40.4 Å². The fraction of sp³-hybridized carbons (Fsp3) is 0.158. The van der Waals surface area contributed by atoms with Crippen molar-refractivity contribution < 1.29 is 27.1 Å². The summed E-state index contributed by atoms with van der Waals surface area (Å²) in [6.45, 7) is 0.676. The summed E-state index contributed by atoms with van der Waals surface area (Å²) in [6, 6.07) is 14.0. The van der Waals surface area contributed by atoms with Crippen molar-refractivity contribution >= 4 is 33.7 Å². The molecule has 9 heteroatoms. The largest absolute Gasteiger partial charge is 0.452 e. The first-order chi connectivity index (χ1) is 13.2. The fourth-order valence-electron chi connectivity index (χ4n) is 2.04. The van der Waals surface area contributed by atoms with Crippen LogP contribution in [0.3, 0.4) is 0 Å². The van der Waals surface area contributed by atoms with Crippen molar-refractivity contribution in [2.75, 3.05) is 11.9 Å². The summed E-state index contributed by atoms with van der Waals surface area (Å²) in [5.74, 6) is -2.13. The van der Waals surface area contributed by atoms with Crippen LogP contribution in [0.2, 0.25) is 0 Å². The molecule has 0 radical (unpaired) electrons. The van der Waals surface area contributed by atoms with E-state index in [1.54, 1.807) is 30.3 Å². The third kappa shape index (κ3) is 7.29. The van der Waals surface area contributed by atoms with Gasteiger partial charge in [-0.3, -0.25) is 9.59 Å². The van der Waals surface area contributed by atoms with Crippen LogP contribution >= 0.6 is 0 Å². The normalized spacial score (nSPS) is 12.5. The van der Waals surface area contributed by atoms with Crippen molar-refractivity contribution in [2.24, 2.45) is 0 Å². The molecule has 1 amide bonds. The number of esters is 1. The number of ether oxygens (including phenoxy) is 1. The summed E-state index contributed by atoms with van der Waals surface area (Å²) in [4.78, 5) is 23.7. The topological polar surface area (TPSA) is 102 Å². The highest BCUT2D eigenvalue weighted by molar-refractivity contribution is 7.92. The minimum atomic E-state index is -3.86. The summed E-state index contributed by atoms with van der Waals surface area (Å²) in [7, 11) is -3.86. The van der Waals surface area contributed by atoms with Gasteiger partial charge in [0, 0.05) is 11.1 Å². The molecular weight excluding hydrogens is 387 g/mol. The van der Waals surface area contributed by atoms with Crippen LogP contribution in [-0.4, -0.2) is 32.9 Å². The van der Waals surface area contributed by atoms with Crippen LogP contribution in [0.25, 0.3) is 6.08 Å². The molecule has 0 saturated carbocycles. The first-order valence-corrected chi connectivity index (χ1v) is 9.78. The lowest BCUT2D eigenvalue weighted by atomic mass is 10.2. The summed E-state index contributed by atoms with van der Waals surface area (Å²) < 4.78 is 43.8. The molecule has 2 aromatic rings. The van der Waals surface area contributed by atoms with Gasteiger partial charge in [0.15, 0.2) is 6.10 Å². The summed E-state index contributed by atoms with van der Waals surface area (Å²) in [5, 5.41) is 3.32. The van der Waals surface area contributed by atoms with E-state index >= 15 is 0 Å². The molecule has 2 N–H and O–H groups in total. The number of anilines is 1. The lowest BCUT2D eigenvalue weighted by Gasteiger charge is -2.13. The number of hydrogen-bond acceptors (Lipinski definition) is 5. The monoisotopic (exact) mass is 406 g/mol. The van der Waals surface area contributed by atoms with Crippen LogP contribution in [0.4, 0.5) is 10.1 Å². The van der Waals surface area contributed by atoms with E-state index in [2.05, 4.69) is 10.0 Å². The predicted octanol–water partition coefficient (Wildman–Crippen LogP) is 2.29. The van der Waals surface area contributed by atoms with E-state index in [9.17, 15) is 22.4 Å². The second-order valence-electron chi connectivity index (χ2n) is 5.71. The fourth-order valence-corrected chi connectivity index (χ4v) is 2.79. The van der Waals surface area contributed by atoms with Gasteiger partial charge in [-0.15, -0.1) is 0 Å². The molecule has 0 aliphatic heterocycles. The van der Waals surface area contributed by atoms with Crippen LogP contribution < -0.4 is 10.0 Å². The lowest BCUT2D eigenvalue weighted by Crippen LogP contribution is -2.35. The third-order valence-electron chi connectivity index (χ3n) is 3.43. The average molecular weight is 406 g/mol. The number of rotatable bonds is 8. The molecule has 0 spiro atoms.